The molecule has 3 nitrogen and oxygen atoms in total. The molecule has 1 unspecified atom stereocenters. The minimum atomic E-state index is -0.354. The van der Waals surface area contributed by atoms with E-state index in [2.05, 4.69) is 6.07 Å². The summed E-state index contributed by atoms with van der Waals surface area (Å²) in [4.78, 5) is 10.8. The summed E-state index contributed by atoms with van der Waals surface area (Å²) < 4.78 is 5.58. The Balaban J connectivity index is 1.89. The Labute approximate surface area is 113 Å². The second-order valence-electron chi connectivity index (χ2n) is 5.68. The molecule has 1 atom stereocenters. The van der Waals surface area contributed by atoms with Crippen LogP contribution in [0.2, 0.25) is 0 Å². The van der Waals surface area contributed by atoms with E-state index in [4.69, 9.17) is 4.74 Å². The van der Waals surface area contributed by atoms with Crippen LogP contribution in [-0.2, 0) is 11.2 Å². The Hall–Kier alpha value is -1.51. The van der Waals surface area contributed by atoms with Gasteiger partial charge in [-0.15, -0.1) is 0 Å². The first-order chi connectivity index (χ1) is 9.28. The van der Waals surface area contributed by atoms with E-state index in [1.54, 1.807) is 6.07 Å². The van der Waals surface area contributed by atoms with Crippen molar-refractivity contribution in [1.29, 1.82) is 0 Å². The highest BCUT2D eigenvalue weighted by molar-refractivity contribution is 5.59. The van der Waals surface area contributed by atoms with Gasteiger partial charge in [0.05, 0.1) is 0 Å². The molecule has 2 aliphatic rings. The molecule has 1 aliphatic carbocycles. The fraction of sp³-hybridized carbons (Fsp3) is 0.562. The number of aryl methyl sites for hydroxylation is 1. The molecule has 0 bridgehead atoms. The Bertz CT molecular complexity index is 475. The average molecular weight is 260 g/mol. The van der Waals surface area contributed by atoms with E-state index < -0.39 is 0 Å². The molecule has 1 aliphatic heterocycles. The van der Waals surface area contributed by atoms with Crippen LogP contribution in [0.4, 0.5) is 0 Å². The van der Waals surface area contributed by atoms with Gasteiger partial charge < -0.3 is 9.84 Å². The number of aromatic hydroxyl groups is 1. The minimum Gasteiger partial charge on any atom is -0.508 e. The third kappa shape index (κ3) is 2.46. The number of ether oxygens (including phenoxy) is 1. The summed E-state index contributed by atoms with van der Waals surface area (Å²) in [6, 6.07) is 3.80. The highest BCUT2D eigenvalue weighted by atomic mass is 16.5. The maximum atomic E-state index is 10.8. The second-order valence-corrected chi connectivity index (χ2v) is 5.68. The van der Waals surface area contributed by atoms with E-state index in [0.29, 0.717) is 17.4 Å². The highest BCUT2D eigenvalue weighted by Crippen LogP contribution is 2.41. The van der Waals surface area contributed by atoms with Crippen LogP contribution >= 0.6 is 0 Å². The summed E-state index contributed by atoms with van der Waals surface area (Å²) in [5, 5.41) is 10.2. The zero-order valence-corrected chi connectivity index (χ0v) is 11.1. The molecule has 0 aromatic heterocycles. The third-order valence-corrected chi connectivity index (χ3v) is 4.38. The van der Waals surface area contributed by atoms with Gasteiger partial charge in [-0.1, -0.05) is 19.3 Å². The topological polar surface area (TPSA) is 46.5 Å². The molecule has 0 amide bonds. The van der Waals surface area contributed by atoms with Crippen LogP contribution in [0.1, 0.15) is 55.6 Å². The van der Waals surface area contributed by atoms with Crippen molar-refractivity contribution in [3.8, 4) is 11.5 Å². The van der Waals surface area contributed by atoms with E-state index in [1.165, 1.54) is 32.1 Å². The zero-order valence-electron chi connectivity index (χ0n) is 11.1. The number of phenolic OH excluding ortho intramolecular Hbond substituents is 1. The third-order valence-electron chi connectivity index (χ3n) is 4.38. The van der Waals surface area contributed by atoms with Crippen LogP contribution in [0.15, 0.2) is 12.1 Å². The first-order valence-electron chi connectivity index (χ1n) is 7.25. The van der Waals surface area contributed by atoms with Gasteiger partial charge in [0.15, 0.2) is 12.4 Å². The molecule has 1 fully saturated rings. The van der Waals surface area contributed by atoms with E-state index in [9.17, 15) is 9.90 Å². The first-order valence-corrected chi connectivity index (χ1v) is 7.25. The Morgan fingerprint density at radius 2 is 1.95 bits per heavy atom. The smallest absolute Gasteiger partial charge is 0.160 e. The SMILES string of the molecule is O=CC1CCc2cc(C3CCCCC3)c(O)cc2O1. The largest absolute Gasteiger partial charge is 0.508 e. The summed E-state index contributed by atoms with van der Waals surface area (Å²) in [6.07, 6.45) is 8.25. The van der Waals surface area contributed by atoms with E-state index in [0.717, 1.165) is 30.3 Å². The zero-order chi connectivity index (χ0) is 13.2. The molecule has 3 heteroatoms. The number of aldehydes is 1. The number of phenols is 1. The number of carbonyl (C=O) groups is 1. The normalized spacial score (nSPS) is 23.5. The van der Waals surface area contributed by atoms with Crippen LogP contribution in [0.5, 0.6) is 11.5 Å². The summed E-state index contributed by atoms with van der Waals surface area (Å²) in [6.45, 7) is 0. The van der Waals surface area contributed by atoms with Gasteiger partial charge in [-0.25, -0.2) is 0 Å². The predicted molar refractivity (Wildman–Crippen MR) is 72.7 cm³/mol. The van der Waals surface area contributed by atoms with Gasteiger partial charge in [-0.2, -0.15) is 0 Å². The molecular weight excluding hydrogens is 240 g/mol. The van der Waals surface area contributed by atoms with Crippen molar-refractivity contribution in [3.63, 3.8) is 0 Å². The van der Waals surface area contributed by atoms with Crippen LogP contribution in [0.3, 0.4) is 0 Å². The summed E-state index contributed by atoms with van der Waals surface area (Å²) in [5.41, 5.74) is 2.21. The molecule has 102 valence electrons. The fourth-order valence-electron chi connectivity index (χ4n) is 3.29. The van der Waals surface area contributed by atoms with Gasteiger partial charge in [0, 0.05) is 6.07 Å². The molecule has 0 saturated heterocycles. The fourth-order valence-corrected chi connectivity index (χ4v) is 3.29. The lowest BCUT2D eigenvalue weighted by atomic mass is 9.82. The summed E-state index contributed by atoms with van der Waals surface area (Å²) in [5.74, 6) is 1.50. The lowest BCUT2D eigenvalue weighted by Gasteiger charge is -2.27. The lowest BCUT2D eigenvalue weighted by Crippen LogP contribution is -2.24. The number of benzene rings is 1. The number of rotatable bonds is 2. The summed E-state index contributed by atoms with van der Waals surface area (Å²) >= 11 is 0. The van der Waals surface area contributed by atoms with Crippen molar-refractivity contribution < 1.29 is 14.6 Å². The van der Waals surface area contributed by atoms with Crippen molar-refractivity contribution in [2.45, 2.75) is 57.0 Å². The minimum absolute atomic E-state index is 0.331. The molecule has 3 rings (SSSR count). The van der Waals surface area contributed by atoms with Crippen LogP contribution in [0.25, 0.3) is 0 Å². The van der Waals surface area contributed by atoms with Crippen molar-refractivity contribution >= 4 is 6.29 Å². The second kappa shape index (κ2) is 5.24. The number of fused-ring (bicyclic) bond motifs is 1. The predicted octanol–water partition coefficient (Wildman–Crippen LogP) is 3.33. The molecule has 1 saturated carbocycles. The van der Waals surface area contributed by atoms with Gasteiger partial charge in [0.25, 0.3) is 0 Å². The Kier molecular flexibility index (Phi) is 3.45. The van der Waals surface area contributed by atoms with Crippen molar-refractivity contribution in [3.05, 3.63) is 23.3 Å². The van der Waals surface area contributed by atoms with E-state index in [1.807, 2.05) is 0 Å². The average Bonchev–Trinajstić information content (AvgIpc) is 2.47. The Morgan fingerprint density at radius 3 is 2.68 bits per heavy atom. The molecule has 0 spiro atoms. The van der Waals surface area contributed by atoms with Crippen molar-refractivity contribution in [2.75, 3.05) is 0 Å². The van der Waals surface area contributed by atoms with E-state index in [-0.39, 0.29) is 6.10 Å². The highest BCUT2D eigenvalue weighted by Gasteiger charge is 2.24. The number of hydrogen-bond acceptors (Lipinski definition) is 3. The Morgan fingerprint density at radius 1 is 1.16 bits per heavy atom. The van der Waals surface area contributed by atoms with Crippen LogP contribution in [-0.4, -0.2) is 17.5 Å². The van der Waals surface area contributed by atoms with Crippen molar-refractivity contribution in [2.24, 2.45) is 0 Å². The van der Waals surface area contributed by atoms with Crippen LogP contribution in [0, 0.1) is 0 Å². The lowest BCUT2D eigenvalue weighted by molar-refractivity contribution is -0.114. The van der Waals surface area contributed by atoms with Gasteiger partial charge in [-0.05, 0) is 48.8 Å². The van der Waals surface area contributed by atoms with Gasteiger partial charge in [-0.3, -0.25) is 4.79 Å². The number of hydrogen-bond donors (Lipinski definition) is 1. The molecular formula is C16H20O3. The monoisotopic (exact) mass is 260 g/mol. The van der Waals surface area contributed by atoms with Gasteiger partial charge in [0.2, 0.25) is 0 Å². The number of carbonyl (C=O) groups excluding carboxylic acids is 1. The first kappa shape index (κ1) is 12.5. The van der Waals surface area contributed by atoms with E-state index >= 15 is 0 Å². The molecule has 1 N–H and O–H groups in total. The van der Waals surface area contributed by atoms with Crippen LogP contribution < -0.4 is 4.74 Å². The molecule has 1 aromatic carbocycles. The maximum Gasteiger partial charge on any atom is 0.160 e. The van der Waals surface area contributed by atoms with Gasteiger partial charge >= 0.3 is 0 Å². The van der Waals surface area contributed by atoms with Crippen molar-refractivity contribution in [1.82, 2.24) is 0 Å². The van der Waals surface area contributed by atoms with Gasteiger partial charge in [0.1, 0.15) is 11.5 Å². The summed E-state index contributed by atoms with van der Waals surface area (Å²) in [7, 11) is 0. The molecule has 0 radical (unpaired) electrons. The standard InChI is InChI=1S/C16H20O3/c17-10-13-7-6-12-8-14(11-4-2-1-3-5-11)15(18)9-16(12)19-13/h8-11,13,18H,1-7H2. The maximum absolute atomic E-state index is 10.8. The molecule has 1 heterocycles. The quantitative estimate of drug-likeness (QED) is 0.830. The molecule has 1 aromatic rings. The molecule has 19 heavy (non-hydrogen) atoms.